The highest BCUT2D eigenvalue weighted by Crippen LogP contribution is 2.23. The number of nitriles is 1. The predicted octanol–water partition coefficient (Wildman–Crippen LogP) is 1.99. The molecule has 1 fully saturated rings. The smallest absolute Gasteiger partial charge is 0.0992 e. The van der Waals surface area contributed by atoms with Crippen molar-refractivity contribution in [3.05, 3.63) is 34.3 Å². The largest absolute Gasteiger partial charge is 0.330 e. The van der Waals surface area contributed by atoms with E-state index in [0.29, 0.717) is 16.5 Å². The Morgan fingerprint density at radius 2 is 2.35 bits per heavy atom. The number of rotatable bonds is 3. The lowest BCUT2D eigenvalue weighted by Gasteiger charge is -2.16. The maximum absolute atomic E-state index is 8.77. The van der Waals surface area contributed by atoms with E-state index in [0.717, 1.165) is 31.7 Å². The first-order valence-corrected chi connectivity index (χ1v) is 6.21. The van der Waals surface area contributed by atoms with Gasteiger partial charge in [-0.1, -0.05) is 17.7 Å². The topological polar surface area (TPSA) is 53.0 Å². The molecule has 0 spiro atoms. The van der Waals surface area contributed by atoms with Crippen molar-refractivity contribution in [3.8, 4) is 6.07 Å². The van der Waals surface area contributed by atoms with E-state index in [4.69, 9.17) is 22.6 Å². The molecule has 0 aromatic heterocycles. The summed E-state index contributed by atoms with van der Waals surface area (Å²) < 4.78 is 0. The number of nitrogens with zero attached hydrogens (tertiary/aromatic N) is 2. The maximum Gasteiger partial charge on any atom is 0.0992 e. The van der Waals surface area contributed by atoms with Gasteiger partial charge in [0.25, 0.3) is 0 Å². The SMILES string of the molecule is N#Cc1ccc(CN2CCC(CN)C2)c(Cl)c1. The second-order valence-corrected chi connectivity index (χ2v) is 4.95. The number of likely N-dealkylation sites (tertiary alicyclic amines) is 1. The summed E-state index contributed by atoms with van der Waals surface area (Å²) in [6.07, 6.45) is 1.17. The fourth-order valence-corrected chi connectivity index (χ4v) is 2.48. The third kappa shape index (κ3) is 2.98. The van der Waals surface area contributed by atoms with Gasteiger partial charge < -0.3 is 5.73 Å². The van der Waals surface area contributed by atoms with Gasteiger partial charge in [-0.05, 0) is 43.1 Å². The normalized spacial score (nSPS) is 20.4. The molecule has 1 unspecified atom stereocenters. The van der Waals surface area contributed by atoms with Gasteiger partial charge in [0.05, 0.1) is 11.6 Å². The van der Waals surface area contributed by atoms with Crippen LogP contribution in [0.4, 0.5) is 0 Å². The highest BCUT2D eigenvalue weighted by atomic mass is 35.5. The van der Waals surface area contributed by atoms with Crippen molar-refractivity contribution < 1.29 is 0 Å². The summed E-state index contributed by atoms with van der Waals surface area (Å²) in [6.45, 7) is 3.74. The van der Waals surface area contributed by atoms with Crippen LogP contribution in [-0.4, -0.2) is 24.5 Å². The first-order chi connectivity index (χ1) is 8.22. The highest BCUT2D eigenvalue weighted by Gasteiger charge is 2.21. The number of halogens is 1. The van der Waals surface area contributed by atoms with Crippen molar-refractivity contribution in [1.82, 2.24) is 4.90 Å². The molecule has 1 atom stereocenters. The van der Waals surface area contributed by atoms with Crippen LogP contribution in [0.2, 0.25) is 5.02 Å². The van der Waals surface area contributed by atoms with Crippen molar-refractivity contribution >= 4 is 11.6 Å². The second-order valence-electron chi connectivity index (χ2n) is 4.54. The van der Waals surface area contributed by atoms with Crippen LogP contribution in [0, 0.1) is 17.2 Å². The molecule has 3 nitrogen and oxygen atoms in total. The third-order valence-electron chi connectivity index (χ3n) is 3.28. The standard InChI is InChI=1S/C13H16ClN3/c14-13-5-10(6-15)1-2-12(13)9-17-4-3-11(7-16)8-17/h1-2,5,11H,3-4,7-9,16H2. The zero-order chi connectivity index (χ0) is 12.3. The van der Waals surface area contributed by atoms with Gasteiger partial charge in [0.2, 0.25) is 0 Å². The highest BCUT2D eigenvalue weighted by molar-refractivity contribution is 6.31. The minimum Gasteiger partial charge on any atom is -0.330 e. The minimum atomic E-state index is 0.611. The Balaban J connectivity index is 2.02. The minimum absolute atomic E-state index is 0.611. The molecule has 90 valence electrons. The first-order valence-electron chi connectivity index (χ1n) is 5.84. The molecule has 1 aliphatic rings. The molecule has 1 saturated heterocycles. The summed E-state index contributed by atoms with van der Waals surface area (Å²) in [6, 6.07) is 7.58. The van der Waals surface area contributed by atoms with Crippen LogP contribution in [0.5, 0.6) is 0 Å². The molecule has 0 bridgehead atoms. The molecular weight excluding hydrogens is 234 g/mol. The molecule has 1 heterocycles. The Kier molecular flexibility index (Phi) is 4.01. The Labute approximate surface area is 107 Å². The third-order valence-corrected chi connectivity index (χ3v) is 3.63. The molecular formula is C13H16ClN3. The molecule has 17 heavy (non-hydrogen) atoms. The monoisotopic (exact) mass is 249 g/mol. The van der Waals surface area contributed by atoms with E-state index >= 15 is 0 Å². The Hall–Kier alpha value is -1.08. The van der Waals surface area contributed by atoms with Crippen LogP contribution >= 0.6 is 11.6 Å². The summed E-state index contributed by atoms with van der Waals surface area (Å²) in [5.41, 5.74) is 7.37. The predicted molar refractivity (Wildman–Crippen MR) is 68.6 cm³/mol. The zero-order valence-corrected chi connectivity index (χ0v) is 10.5. The van der Waals surface area contributed by atoms with Crippen LogP contribution in [0.3, 0.4) is 0 Å². The molecule has 1 aromatic rings. The number of benzene rings is 1. The van der Waals surface area contributed by atoms with E-state index in [1.54, 1.807) is 6.07 Å². The molecule has 0 aliphatic carbocycles. The number of hydrogen-bond donors (Lipinski definition) is 1. The first kappa shape index (κ1) is 12.4. The summed E-state index contributed by atoms with van der Waals surface area (Å²) in [7, 11) is 0. The Bertz CT molecular complexity index is 439. The van der Waals surface area contributed by atoms with Gasteiger partial charge in [-0.3, -0.25) is 4.90 Å². The van der Waals surface area contributed by atoms with Gasteiger partial charge >= 0.3 is 0 Å². The molecule has 0 radical (unpaired) electrons. The molecule has 0 saturated carbocycles. The van der Waals surface area contributed by atoms with E-state index in [2.05, 4.69) is 11.0 Å². The summed E-state index contributed by atoms with van der Waals surface area (Å²) >= 11 is 6.15. The molecule has 2 N–H and O–H groups in total. The van der Waals surface area contributed by atoms with E-state index < -0.39 is 0 Å². The van der Waals surface area contributed by atoms with Crippen molar-refractivity contribution in [2.75, 3.05) is 19.6 Å². The lowest BCUT2D eigenvalue weighted by atomic mass is 10.1. The van der Waals surface area contributed by atoms with Gasteiger partial charge in [0.15, 0.2) is 0 Å². The molecule has 1 aromatic carbocycles. The van der Waals surface area contributed by atoms with E-state index in [9.17, 15) is 0 Å². The van der Waals surface area contributed by atoms with E-state index in [1.165, 1.54) is 6.42 Å². The van der Waals surface area contributed by atoms with Crippen LogP contribution in [-0.2, 0) is 6.54 Å². The second kappa shape index (κ2) is 5.50. The average Bonchev–Trinajstić information content (AvgIpc) is 2.79. The summed E-state index contributed by atoms with van der Waals surface area (Å²) in [5.74, 6) is 0.618. The Morgan fingerprint density at radius 1 is 1.53 bits per heavy atom. The lowest BCUT2D eigenvalue weighted by molar-refractivity contribution is 0.318. The van der Waals surface area contributed by atoms with E-state index in [-0.39, 0.29) is 0 Å². The zero-order valence-electron chi connectivity index (χ0n) is 9.69. The molecule has 0 amide bonds. The van der Waals surface area contributed by atoms with Gasteiger partial charge in [-0.25, -0.2) is 0 Å². The lowest BCUT2D eigenvalue weighted by Crippen LogP contribution is -2.22. The summed E-state index contributed by atoms with van der Waals surface area (Å²) in [4.78, 5) is 2.37. The average molecular weight is 250 g/mol. The van der Waals surface area contributed by atoms with Gasteiger partial charge in [-0.2, -0.15) is 5.26 Å². The molecule has 4 heteroatoms. The van der Waals surface area contributed by atoms with Gasteiger partial charge in [0.1, 0.15) is 0 Å². The van der Waals surface area contributed by atoms with Gasteiger partial charge in [0, 0.05) is 18.1 Å². The Morgan fingerprint density at radius 3 is 2.94 bits per heavy atom. The summed E-state index contributed by atoms with van der Waals surface area (Å²) in [5, 5.41) is 9.45. The van der Waals surface area contributed by atoms with Crippen LogP contribution in [0.25, 0.3) is 0 Å². The van der Waals surface area contributed by atoms with Crippen molar-refractivity contribution in [3.63, 3.8) is 0 Å². The number of hydrogen-bond acceptors (Lipinski definition) is 3. The maximum atomic E-state index is 8.77. The van der Waals surface area contributed by atoms with Crippen molar-refractivity contribution in [2.45, 2.75) is 13.0 Å². The van der Waals surface area contributed by atoms with Crippen LogP contribution < -0.4 is 5.73 Å². The fourth-order valence-electron chi connectivity index (χ4n) is 2.23. The van der Waals surface area contributed by atoms with Crippen LogP contribution in [0.15, 0.2) is 18.2 Å². The fraction of sp³-hybridized carbons (Fsp3) is 0.462. The van der Waals surface area contributed by atoms with Crippen molar-refractivity contribution in [2.24, 2.45) is 11.7 Å². The molecule has 2 rings (SSSR count). The van der Waals surface area contributed by atoms with Crippen molar-refractivity contribution in [1.29, 1.82) is 5.26 Å². The molecule has 1 aliphatic heterocycles. The quantitative estimate of drug-likeness (QED) is 0.892. The van der Waals surface area contributed by atoms with Gasteiger partial charge in [-0.15, -0.1) is 0 Å². The van der Waals surface area contributed by atoms with Crippen LogP contribution in [0.1, 0.15) is 17.5 Å². The number of nitrogens with two attached hydrogens (primary N) is 1. The van der Waals surface area contributed by atoms with E-state index in [1.807, 2.05) is 12.1 Å².